The number of benzene rings is 3. The zero-order chi connectivity index (χ0) is 28.9. The summed E-state index contributed by atoms with van der Waals surface area (Å²) in [7, 11) is 0. The molecule has 3 aromatic carbocycles. The predicted molar refractivity (Wildman–Crippen MR) is 171 cm³/mol. The molecule has 11 heteroatoms. The fraction of sp³-hybridized carbons (Fsp3) is 0.0312. The Balaban J connectivity index is 0.00000368. The Morgan fingerprint density at radius 2 is 1.53 bits per heavy atom. The van der Waals surface area contributed by atoms with E-state index in [0.717, 1.165) is 16.6 Å². The molecule has 0 unspecified atom stereocenters. The number of nitrogens with one attached hydrogen (secondary N) is 3. The third-order valence-electron chi connectivity index (χ3n) is 6.47. The fourth-order valence-electron chi connectivity index (χ4n) is 4.56. The second kappa shape index (κ2) is 12.9. The largest absolute Gasteiger partial charge is 0.325 e. The highest BCUT2D eigenvalue weighted by molar-refractivity contribution is 6.04. The van der Waals surface area contributed by atoms with E-state index in [4.69, 9.17) is 15.8 Å². The van der Waals surface area contributed by atoms with Crippen LogP contribution in [0, 0.1) is 0 Å². The summed E-state index contributed by atoms with van der Waals surface area (Å²) in [6, 6.07) is 31.5. The van der Waals surface area contributed by atoms with Crippen molar-refractivity contribution in [1.82, 2.24) is 19.6 Å². The number of carbonyl (C=O) groups excluding carboxylic acids is 2. The maximum Gasteiger partial charge on any atom is 0.255 e. The molecule has 3 aromatic heterocycles. The van der Waals surface area contributed by atoms with Crippen molar-refractivity contribution in [2.75, 3.05) is 22.5 Å². The van der Waals surface area contributed by atoms with Crippen molar-refractivity contribution in [2.45, 2.75) is 0 Å². The van der Waals surface area contributed by atoms with Crippen molar-refractivity contribution in [2.24, 2.45) is 5.73 Å². The molecule has 6 aromatic rings. The molecule has 0 atom stereocenters. The zero-order valence-corrected chi connectivity index (χ0v) is 23.6. The molecule has 0 fully saturated rings. The molecule has 0 bridgehead atoms. The number of hydrogen-bond acceptors (Lipinski definition) is 7. The van der Waals surface area contributed by atoms with Crippen LogP contribution in [0.15, 0.2) is 116 Å². The van der Waals surface area contributed by atoms with Crippen molar-refractivity contribution < 1.29 is 9.59 Å². The van der Waals surface area contributed by atoms with Crippen molar-refractivity contribution in [3.63, 3.8) is 0 Å². The lowest BCUT2D eigenvalue weighted by Crippen LogP contribution is -2.21. The van der Waals surface area contributed by atoms with Gasteiger partial charge in [0, 0.05) is 40.6 Å². The highest BCUT2D eigenvalue weighted by Crippen LogP contribution is 2.35. The van der Waals surface area contributed by atoms with Crippen molar-refractivity contribution >= 4 is 52.7 Å². The molecule has 6 rings (SSSR count). The van der Waals surface area contributed by atoms with E-state index in [1.165, 1.54) is 0 Å². The Hall–Kier alpha value is -5.58. The average Bonchev–Trinajstić information content (AvgIpc) is 3.42. The van der Waals surface area contributed by atoms with Gasteiger partial charge in [-0.15, -0.1) is 12.4 Å². The molecule has 5 N–H and O–H groups in total. The van der Waals surface area contributed by atoms with Gasteiger partial charge in [-0.3, -0.25) is 9.59 Å². The van der Waals surface area contributed by atoms with Gasteiger partial charge in [-0.2, -0.15) is 5.10 Å². The summed E-state index contributed by atoms with van der Waals surface area (Å²) in [6.07, 6.45) is 3.56. The molecule has 43 heavy (non-hydrogen) atoms. The number of fused-ring (bicyclic) bond motifs is 1. The van der Waals surface area contributed by atoms with E-state index in [-0.39, 0.29) is 30.8 Å². The first-order chi connectivity index (χ1) is 20.6. The van der Waals surface area contributed by atoms with E-state index in [9.17, 15) is 9.59 Å². The van der Waals surface area contributed by atoms with Crippen LogP contribution in [0.25, 0.3) is 28.0 Å². The number of pyridine rings is 1. The number of nitrogens with zero attached hydrogens (tertiary/aromatic N) is 4. The van der Waals surface area contributed by atoms with Gasteiger partial charge in [0.1, 0.15) is 5.69 Å². The van der Waals surface area contributed by atoms with Gasteiger partial charge in [-0.1, -0.05) is 42.5 Å². The molecular weight excluding hydrogens is 564 g/mol. The zero-order valence-electron chi connectivity index (χ0n) is 22.8. The summed E-state index contributed by atoms with van der Waals surface area (Å²) in [5.41, 5.74) is 11.8. The summed E-state index contributed by atoms with van der Waals surface area (Å²) in [5.74, 6) is -0.101. The average molecular weight is 591 g/mol. The van der Waals surface area contributed by atoms with Crippen LogP contribution in [0.1, 0.15) is 10.4 Å². The summed E-state index contributed by atoms with van der Waals surface area (Å²) in [4.78, 5) is 33.7. The van der Waals surface area contributed by atoms with Crippen LogP contribution in [0.2, 0.25) is 0 Å². The van der Waals surface area contributed by atoms with Gasteiger partial charge < -0.3 is 21.7 Å². The Morgan fingerprint density at radius 1 is 0.791 bits per heavy atom. The maximum atomic E-state index is 12.8. The van der Waals surface area contributed by atoms with Crippen LogP contribution in [0.3, 0.4) is 0 Å². The first kappa shape index (κ1) is 28.9. The van der Waals surface area contributed by atoms with Crippen LogP contribution in [-0.4, -0.2) is 37.9 Å². The fourth-order valence-corrected chi connectivity index (χ4v) is 4.56. The number of anilines is 4. The van der Waals surface area contributed by atoms with Gasteiger partial charge in [0.2, 0.25) is 11.9 Å². The molecule has 0 aliphatic heterocycles. The van der Waals surface area contributed by atoms with Gasteiger partial charge in [0.05, 0.1) is 23.3 Å². The summed E-state index contributed by atoms with van der Waals surface area (Å²) in [5, 5.41) is 13.8. The highest BCUT2D eigenvalue weighted by Gasteiger charge is 2.19. The van der Waals surface area contributed by atoms with Crippen LogP contribution >= 0.6 is 12.4 Å². The molecular formula is C32H27ClN8O2. The standard InChI is InChI=1S/C32H26N8O2.ClH/c33-20-28(41)35-24-12-7-13-25(19-24)37-32-34-16-15-26(38-32)29-27-14-4-5-17-40(27)39-30(29)22-10-6-11-23(18-22)36-31(42)21-8-2-1-3-9-21;/h1-19H,20,33H2,(H,35,41)(H,36,42)(H,34,37,38);1H. The predicted octanol–water partition coefficient (Wildman–Crippen LogP) is 5.77. The van der Waals surface area contributed by atoms with E-state index >= 15 is 0 Å². The Bertz CT molecular complexity index is 1910. The lowest BCUT2D eigenvalue weighted by molar-refractivity contribution is -0.114. The second-order valence-corrected chi connectivity index (χ2v) is 9.38. The quantitative estimate of drug-likeness (QED) is 0.176. The number of nitrogens with two attached hydrogens (primary N) is 1. The molecule has 214 valence electrons. The summed E-state index contributed by atoms with van der Waals surface area (Å²) < 4.78 is 1.80. The molecule has 3 heterocycles. The smallest absolute Gasteiger partial charge is 0.255 e. The SMILES string of the molecule is Cl.NCC(=O)Nc1cccc(Nc2nccc(-c3c(-c4cccc(NC(=O)c5ccccc5)c4)nn4ccccc34)n2)c1. The molecule has 0 radical (unpaired) electrons. The van der Waals surface area contributed by atoms with Crippen LogP contribution < -0.4 is 21.7 Å². The van der Waals surface area contributed by atoms with Gasteiger partial charge in [0.25, 0.3) is 5.91 Å². The number of amides is 2. The first-order valence-corrected chi connectivity index (χ1v) is 13.2. The van der Waals surface area contributed by atoms with E-state index in [2.05, 4.69) is 20.9 Å². The number of hydrogen-bond donors (Lipinski definition) is 4. The minimum Gasteiger partial charge on any atom is -0.325 e. The van der Waals surface area contributed by atoms with Gasteiger partial charge in [0.15, 0.2) is 0 Å². The highest BCUT2D eigenvalue weighted by atomic mass is 35.5. The molecule has 0 saturated carbocycles. The monoisotopic (exact) mass is 590 g/mol. The third kappa shape index (κ3) is 6.51. The third-order valence-corrected chi connectivity index (χ3v) is 6.47. The minimum atomic E-state index is -0.283. The Kier molecular flexibility index (Phi) is 8.71. The molecule has 0 aliphatic rings. The molecule has 0 saturated heterocycles. The summed E-state index contributed by atoms with van der Waals surface area (Å²) >= 11 is 0. The topological polar surface area (TPSA) is 139 Å². The van der Waals surface area contributed by atoms with Gasteiger partial charge in [-0.05, 0) is 60.7 Å². The second-order valence-electron chi connectivity index (χ2n) is 9.38. The van der Waals surface area contributed by atoms with Crippen molar-refractivity contribution in [3.8, 4) is 22.5 Å². The Labute approximate surface area is 253 Å². The lowest BCUT2D eigenvalue weighted by atomic mass is 10.0. The number of rotatable bonds is 8. The van der Waals surface area contributed by atoms with Crippen LogP contribution in [-0.2, 0) is 4.79 Å². The molecule has 10 nitrogen and oxygen atoms in total. The summed E-state index contributed by atoms with van der Waals surface area (Å²) in [6.45, 7) is -0.104. The number of halogens is 1. The number of carbonyl (C=O) groups is 2. The van der Waals surface area contributed by atoms with E-state index < -0.39 is 0 Å². The van der Waals surface area contributed by atoms with Crippen molar-refractivity contribution in [3.05, 3.63) is 121 Å². The number of aromatic nitrogens is 4. The van der Waals surface area contributed by atoms with Crippen LogP contribution in [0.4, 0.5) is 23.0 Å². The molecule has 0 spiro atoms. The molecule has 0 aliphatic carbocycles. The van der Waals surface area contributed by atoms with Crippen molar-refractivity contribution in [1.29, 1.82) is 0 Å². The van der Waals surface area contributed by atoms with Crippen LogP contribution in [0.5, 0.6) is 0 Å². The first-order valence-electron chi connectivity index (χ1n) is 13.2. The molecule has 2 amide bonds. The lowest BCUT2D eigenvalue weighted by Gasteiger charge is -2.10. The Morgan fingerprint density at radius 3 is 2.35 bits per heavy atom. The minimum absolute atomic E-state index is 0. The van der Waals surface area contributed by atoms with Gasteiger partial charge >= 0.3 is 0 Å². The van der Waals surface area contributed by atoms with E-state index in [1.807, 2.05) is 85.1 Å². The normalized spacial score (nSPS) is 10.5. The van der Waals surface area contributed by atoms with E-state index in [1.54, 1.807) is 35.0 Å². The maximum absolute atomic E-state index is 12.8. The van der Waals surface area contributed by atoms with Gasteiger partial charge in [-0.25, -0.2) is 14.5 Å². The van der Waals surface area contributed by atoms with E-state index in [0.29, 0.717) is 40.0 Å².